The van der Waals surface area contributed by atoms with E-state index in [4.69, 9.17) is 0 Å². The molecule has 15 heavy (non-hydrogen) atoms. The zero-order valence-electron chi connectivity index (χ0n) is 8.61. The van der Waals surface area contributed by atoms with Crippen LogP contribution in [0.2, 0.25) is 0 Å². The molecule has 4 nitrogen and oxygen atoms in total. The molecule has 0 aromatic heterocycles. The van der Waals surface area contributed by atoms with E-state index in [-0.39, 0.29) is 0 Å². The molecule has 0 amide bonds. The lowest BCUT2D eigenvalue weighted by Gasteiger charge is -2.06. The second-order valence-corrected chi connectivity index (χ2v) is 2.86. The van der Waals surface area contributed by atoms with E-state index in [1.165, 1.54) is 13.2 Å². The van der Waals surface area contributed by atoms with Crippen molar-refractivity contribution in [2.75, 3.05) is 7.11 Å². The Labute approximate surface area is 87.6 Å². The topological polar surface area (TPSA) is 55.7 Å². The molecule has 0 aliphatic heterocycles. The molecule has 0 atom stereocenters. The summed E-state index contributed by atoms with van der Waals surface area (Å²) in [4.78, 5) is 25.2. The van der Waals surface area contributed by atoms with Gasteiger partial charge >= 0.3 is 5.97 Å². The van der Waals surface area contributed by atoms with Gasteiger partial charge < -0.3 is 4.74 Å². The van der Waals surface area contributed by atoms with E-state index in [0.717, 1.165) is 5.56 Å². The summed E-state index contributed by atoms with van der Waals surface area (Å²) in [5.41, 5.74) is 1.46. The maximum Gasteiger partial charge on any atom is 0.340 e. The minimum atomic E-state index is -0.501. The van der Waals surface area contributed by atoms with Gasteiger partial charge in [-0.05, 0) is 18.1 Å². The van der Waals surface area contributed by atoms with Crippen molar-refractivity contribution >= 4 is 17.7 Å². The number of isocyanates is 1. The lowest BCUT2D eigenvalue weighted by molar-refractivity contribution is 0.0601. The maximum atomic E-state index is 11.4. The average molecular weight is 205 g/mol. The average Bonchev–Trinajstić information content (AvgIpc) is 2.28. The van der Waals surface area contributed by atoms with Crippen LogP contribution in [0.25, 0.3) is 0 Å². The summed E-state index contributed by atoms with van der Waals surface area (Å²) in [7, 11) is 1.29. The summed E-state index contributed by atoms with van der Waals surface area (Å²) in [5.74, 6) is -0.501. The van der Waals surface area contributed by atoms with Gasteiger partial charge in [0.1, 0.15) is 0 Å². The molecule has 0 spiro atoms. The van der Waals surface area contributed by atoms with Crippen molar-refractivity contribution in [1.82, 2.24) is 0 Å². The van der Waals surface area contributed by atoms with Crippen LogP contribution in [-0.4, -0.2) is 19.2 Å². The van der Waals surface area contributed by atoms with E-state index >= 15 is 0 Å². The second kappa shape index (κ2) is 5.08. The molecule has 1 aromatic carbocycles. The standard InChI is InChI=1S/C11H11NO3/c1-3-8-5-4-6-9(11(14)15-2)10(8)12-7-13/h4-6H,3H2,1-2H3. The smallest absolute Gasteiger partial charge is 0.340 e. The summed E-state index contributed by atoms with van der Waals surface area (Å²) in [6, 6.07) is 5.11. The molecule has 0 heterocycles. The minimum absolute atomic E-state index is 0.292. The van der Waals surface area contributed by atoms with E-state index in [2.05, 4.69) is 9.73 Å². The number of esters is 1. The van der Waals surface area contributed by atoms with Crippen LogP contribution in [0.5, 0.6) is 0 Å². The highest BCUT2D eigenvalue weighted by Gasteiger charge is 2.13. The normalized spacial score (nSPS) is 9.20. The van der Waals surface area contributed by atoms with Crippen LogP contribution in [0.4, 0.5) is 5.69 Å². The number of benzene rings is 1. The molecular formula is C11H11NO3. The van der Waals surface area contributed by atoms with Gasteiger partial charge in [0.15, 0.2) is 0 Å². The highest BCUT2D eigenvalue weighted by Crippen LogP contribution is 2.25. The zero-order valence-corrected chi connectivity index (χ0v) is 8.61. The van der Waals surface area contributed by atoms with Crippen LogP contribution in [0.15, 0.2) is 23.2 Å². The molecule has 0 aliphatic carbocycles. The van der Waals surface area contributed by atoms with Crippen LogP contribution < -0.4 is 0 Å². The first-order valence-electron chi connectivity index (χ1n) is 4.52. The summed E-state index contributed by atoms with van der Waals surface area (Å²) < 4.78 is 4.59. The van der Waals surface area contributed by atoms with E-state index in [1.807, 2.05) is 13.0 Å². The van der Waals surface area contributed by atoms with Gasteiger partial charge in [-0.25, -0.2) is 9.59 Å². The molecule has 4 heteroatoms. The molecule has 0 fully saturated rings. The zero-order chi connectivity index (χ0) is 11.3. The molecule has 0 saturated heterocycles. The number of rotatable bonds is 3. The Morgan fingerprint density at radius 2 is 2.27 bits per heavy atom. The van der Waals surface area contributed by atoms with Crippen molar-refractivity contribution in [1.29, 1.82) is 0 Å². The molecule has 1 aromatic rings. The number of methoxy groups -OCH3 is 1. The molecule has 0 bridgehead atoms. The second-order valence-electron chi connectivity index (χ2n) is 2.86. The number of carbonyl (C=O) groups is 1. The third-order valence-electron chi connectivity index (χ3n) is 2.06. The number of carbonyl (C=O) groups excluding carboxylic acids is 2. The molecule has 0 unspecified atom stereocenters. The fourth-order valence-corrected chi connectivity index (χ4v) is 1.33. The number of aliphatic imine (C=N–C) groups is 1. The first kappa shape index (κ1) is 11.1. The molecule has 0 saturated carbocycles. The number of ether oxygens (including phenoxy) is 1. The molecule has 0 N–H and O–H groups in total. The molecule has 0 aliphatic rings. The van der Waals surface area contributed by atoms with Crippen LogP contribution in [0.1, 0.15) is 22.8 Å². The third kappa shape index (κ3) is 2.30. The van der Waals surface area contributed by atoms with E-state index in [1.54, 1.807) is 12.1 Å². The molecule has 1 rings (SSSR count). The third-order valence-corrected chi connectivity index (χ3v) is 2.06. The van der Waals surface area contributed by atoms with Crippen LogP contribution in [0, 0.1) is 0 Å². The summed E-state index contributed by atoms with van der Waals surface area (Å²) in [6.07, 6.45) is 2.13. The van der Waals surface area contributed by atoms with E-state index < -0.39 is 5.97 Å². The first-order valence-corrected chi connectivity index (χ1v) is 4.52. The number of hydrogen-bond donors (Lipinski definition) is 0. The van der Waals surface area contributed by atoms with Crippen molar-refractivity contribution in [2.45, 2.75) is 13.3 Å². The highest BCUT2D eigenvalue weighted by molar-refractivity contribution is 5.95. The van der Waals surface area contributed by atoms with Gasteiger partial charge in [-0.3, -0.25) is 0 Å². The van der Waals surface area contributed by atoms with Crippen LogP contribution in [0.3, 0.4) is 0 Å². The van der Waals surface area contributed by atoms with Crippen molar-refractivity contribution in [2.24, 2.45) is 4.99 Å². The Morgan fingerprint density at radius 3 is 2.80 bits per heavy atom. The Hall–Kier alpha value is -1.93. The van der Waals surface area contributed by atoms with Gasteiger partial charge in [0.05, 0.1) is 18.4 Å². The Kier molecular flexibility index (Phi) is 3.77. The monoisotopic (exact) mass is 205 g/mol. The van der Waals surface area contributed by atoms with E-state index in [0.29, 0.717) is 17.7 Å². The van der Waals surface area contributed by atoms with Gasteiger partial charge in [-0.1, -0.05) is 19.1 Å². The minimum Gasteiger partial charge on any atom is -0.465 e. The lowest BCUT2D eigenvalue weighted by atomic mass is 10.1. The fraction of sp³-hybridized carbons (Fsp3) is 0.273. The van der Waals surface area contributed by atoms with Crippen LogP contribution >= 0.6 is 0 Å². The SMILES string of the molecule is CCc1cccc(C(=O)OC)c1N=C=O. The predicted octanol–water partition coefficient (Wildman–Crippen LogP) is 2.00. The predicted molar refractivity (Wildman–Crippen MR) is 54.9 cm³/mol. The highest BCUT2D eigenvalue weighted by atomic mass is 16.5. The Morgan fingerprint density at radius 1 is 1.53 bits per heavy atom. The summed E-state index contributed by atoms with van der Waals surface area (Å²) >= 11 is 0. The van der Waals surface area contributed by atoms with Crippen molar-refractivity contribution in [3.8, 4) is 0 Å². The van der Waals surface area contributed by atoms with Gasteiger partial charge in [0, 0.05) is 0 Å². The van der Waals surface area contributed by atoms with Crippen molar-refractivity contribution < 1.29 is 14.3 Å². The fourth-order valence-electron chi connectivity index (χ4n) is 1.33. The molecule has 78 valence electrons. The van der Waals surface area contributed by atoms with Gasteiger partial charge in [-0.15, -0.1) is 0 Å². The van der Waals surface area contributed by atoms with E-state index in [9.17, 15) is 9.59 Å². The van der Waals surface area contributed by atoms with Crippen LogP contribution in [-0.2, 0) is 16.0 Å². The molecule has 0 radical (unpaired) electrons. The largest absolute Gasteiger partial charge is 0.465 e. The number of hydrogen-bond acceptors (Lipinski definition) is 4. The lowest BCUT2D eigenvalue weighted by Crippen LogP contribution is -2.02. The molecular weight excluding hydrogens is 194 g/mol. The number of para-hydroxylation sites is 1. The summed E-state index contributed by atoms with van der Waals surface area (Å²) in [6.45, 7) is 1.92. The number of aryl methyl sites for hydroxylation is 1. The Bertz CT molecular complexity index is 420. The Balaban J connectivity index is 3.37. The first-order chi connectivity index (χ1) is 7.24. The van der Waals surface area contributed by atoms with Gasteiger partial charge in [0.25, 0.3) is 0 Å². The van der Waals surface area contributed by atoms with Gasteiger partial charge in [0.2, 0.25) is 6.08 Å². The van der Waals surface area contributed by atoms with Crippen molar-refractivity contribution in [3.05, 3.63) is 29.3 Å². The summed E-state index contributed by atoms with van der Waals surface area (Å²) in [5, 5.41) is 0. The maximum absolute atomic E-state index is 11.4. The quantitative estimate of drug-likeness (QED) is 0.431. The number of nitrogens with zero attached hydrogens (tertiary/aromatic N) is 1. The van der Waals surface area contributed by atoms with Crippen molar-refractivity contribution in [3.63, 3.8) is 0 Å². The van der Waals surface area contributed by atoms with Gasteiger partial charge in [-0.2, -0.15) is 4.99 Å².